The van der Waals surface area contributed by atoms with Crippen molar-refractivity contribution < 1.29 is 24.2 Å². The SMILES string of the molecule is CCCCC/C=C\C/C=C\C/C=C\CCCCCCCCC(=O)OC(CO)COC(=O)CCCCCCCCC. The number of rotatable bonds is 29. The second-order valence-corrected chi connectivity index (χ2v) is 10.9. The van der Waals surface area contributed by atoms with Crippen LogP contribution >= 0.6 is 0 Å². The number of allylic oxidation sites excluding steroid dienone is 6. The van der Waals surface area contributed by atoms with E-state index in [1.54, 1.807) is 0 Å². The van der Waals surface area contributed by atoms with Crippen molar-refractivity contribution in [3.8, 4) is 0 Å². The van der Waals surface area contributed by atoms with Gasteiger partial charge in [0.1, 0.15) is 6.61 Å². The van der Waals surface area contributed by atoms with Gasteiger partial charge < -0.3 is 14.6 Å². The average Bonchev–Trinajstić information content (AvgIpc) is 2.96. The van der Waals surface area contributed by atoms with E-state index in [0.29, 0.717) is 12.8 Å². The van der Waals surface area contributed by atoms with Crippen molar-refractivity contribution in [3.63, 3.8) is 0 Å². The van der Waals surface area contributed by atoms with Crippen molar-refractivity contribution in [1.29, 1.82) is 0 Å². The van der Waals surface area contributed by atoms with Gasteiger partial charge >= 0.3 is 11.9 Å². The van der Waals surface area contributed by atoms with Crippen LogP contribution in [-0.4, -0.2) is 36.4 Å². The summed E-state index contributed by atoms with van der Waals surface area (Å²) in [6.07, 6.45) is 36.3. The Hall–Kier alpha value is -1.88. The second kappa shape index (κ2) is 31.6. The predicted molar refractivity (Wildman–Crippen MR) is 168 cm³/mol. The van der Waals surface area contributed by atoms with Gasteiger partial charge in [-0.05, 0) is 51.4 Å². The molecule has 0 saturated carbocycles. The lowest BCUT2D eigenvalue weighted by Gasteiger charge is -2.15. The van der Waals surface area contributed by atoms with Gasteiger partial charge in [-0.25, -0.2) is 0 Å². The standard InChI is InChI=1S/C35H62O5/c1-3-5-7-9-11-12-13-14-15-16-17-18-19-20-21-22-24-26-28-30-35(38)40-33(31-36)32-39-34(37)29-27-25-23-10-8-6-4-2/h11-12,14-15,17-18,33,36H,3-10,13,16,19-32H2,1-2H3/b12-11-,15-14-,18-17-. The Morgan fingerprint density at radius 1 is 0.575 bits per heavy atom. The highest BCUT2D eigenvalue weighted by atomic mass is 16.6. The highest BCUT2D eigenvalue weighted by molar-refractivity contribution is 5.70. The normalized spacial score (nSPS) is 12.6. The van der Waals surface area contributed by atoms with Crippen LogP contribution in [0.4, 0.5) is 0 Å². The summed E-state index contributed by atoms with van der Waals surface area (Å²) in [5, 5.41) is 9.46. The van der Waals surface area contributed by atoms with Gasteiger partial charge in [0.2, 0.25) is 0 Å². The Kier molecular flexibility index (Phi) is 30.2. The van der Waals surface area contributed by atoms with E-state index in [-0.39, 0.29) is 25.2 Å². The molecule has 0 aromatic rings. The Bertz CT molecular complexity index is 652. The fourth-order valence-corrected chi connectivity index (χ4v) is 4.38. The van der Waals surface area contributed by atoms with Crippen molar-refractivity contribution in [2.75, 3.05) is 13.2 Å². The molecule has 0 aliphatic rings. The zero-order valence-electron chi connectivity index (χ0n) is 26.1. The summed E-state index contributed by atoms with van der Waals surface area (Å²) in [4.78, 5) is 24.0. The van der Waals surface area contributed by atoms with E-state index in [0.717, 1.165) is 57.8 Å². The van der Waals surface area contributed by atoms with Crippen LogP contribution in [0.5, 0.6) is 0 Å². The number of ether oxygens (including phenoxy) is 2. The Balaban J connectivity index is 3.60. The van der Waals surface area contributed by atoms with Crippen LogP contribution in [0.3, 0.4) is 0 Å². The lowest BCUT2D eigenvalue weighted by molar-refractivity contribution is -0.161. The predicted octanol–water partition coefficient (Wildman–Crippen LogP) is 9.72. The van der Waals surface area contributed by atoms with Crippen molar-refractivity contribution in [3.05, 3.63) is 36.5 Å². The molecular formula is C35H62O5. The first kappa shape index (κ1) is 38.1. The number of hydrogen-bond acceptors (Lipinski definition) is 5. The molecule has 0 aliphatic carbocycles. The second-order valence-electron chi connectivity index (χ2n) is 10.9. The maximum absolute atomic E-state index is 12.1. The smallest absolute Gasteiger partial charge is 0.306 e. The molecule has 0 saturated heterocycles. The molecule has 5 heteroatoms. The summed E-state index contributed by atoms with van der Waals surface area (Å²) in [6, 6.07) is 0. The van der Waals surface area contributed by atoms with E-state index in [4.69, 9.17) is 9.47 Å². The maximum Gasteiger partial charge on any atom is 0.306 e. The van der Waals surface area contributed by atoms with Gasteiger partial charge in [0.05, 0.1) is 6.61 Å². The third-order valence-electron chi connectivity index (χ3n) is 6.94. The molecule has 0 aromatic carbocycles. The van der Waals surface area contributed by atoms with E-state index in [9.17, 15) is 14.7 Å². The number of hydrogen-bond donors (Lipinski definition) is 1. The van der Waals surface area contributed by atoms with Gasteiger partial charge in [-0.3, -0.25) is 9.59 Å². The van der Waals surface area contributed by atoms with Crippen LogP contribution in [0.2, 0.25) is 0 Å². The van der Waals surface area contributed by atoms with Gasteiger partial charge in [-0.2, -0.15) is 0 Å². The molecule has 0 aliphatic heterocycles. The Labute approximate surface area is 246 Å². The largest absolute Gasteiger partial charge is 0.462 e. The molecule has 0 aromatic heterocycles. The minimum absolute atomic E-state index is 0.0706. The zero-order chi connectivity index (χ0) is 29.4. The average molecular weight is 563 g/mol. The fourth-order valence-electron chi connectivity index (χ4n) is 4.38. The van der Waals surface area contributed by atoms with Crippen molar-refractivity contribution in [2.24, 2.45) is 0 Å². The Morgan fingerprint density at radius 2 is 1.00 bits per heavy atom. The Morgan fingerprint density at radius 3 is 1.55 bits per heavy atom. The number of aliphatic hydroxyl groups excluding tert-OH is 1. The molecule has 0 fully saturated rings. The van der Waals surface area contributed by atoms with Crippen LogP contribution in [0.25, 0.3) is 0 Å². The number of unbranched alkanes of at least 4 members (excludes halogenated alkanes) is 15. The van der Waals surface area contributed by atoms with E-state index < -0.39 is 6.10 Å². The summed E-state index contributed by atoms with van der Waals surface area (Å²) < 4.78 is 10.5. The minimum Gasteiger partial charge on any atom is -0.462 e. The topological polar surface area (TPSA) is 72.8 Å². The molecule has 232 valence electrons. The lowest BCUT2D eigenvalue weighted by atomic mass is 10.1. The lowest BCUT2D eigenvalue weighted by Crippen LogP contribution is -2.28. The maximum atomic E-state index is 12.1. The van der Waals surface area contributed by atoms with Crippen LogP contribution in [0.15, 0.2) is 36.5 Å². The molecule has 0 bridgehead atoms. The van der Waals surface area contributed by atoms with Gasteiger partial charge in [0, 0.05) is 12.8 Å². The molecule has 0 amide bonds. The fraction of sp³-hybridized carbons (Fsp3) is 0.771. The number of carbonyl (C=O) groups is 2. The zero-order valence-corrected chi connectivity index (χ0v) is 26.1. The summed E-state index contributed by atoms with van der Waals surface area (Å²) in [5.74, 6) is -0.615. The molecule has 0 heterocycles. The number of carbonyl (C=O) groups excluding carboxylic acids is 2. The molecular weight excluding hydrogens is 500 g/mol. The monoisotopic (exact) mass is 562 g/mol. The number of aliphatic hydroxyl groups is 1. The van der Waals surface area contributed by atoms with Crippen molar-refractivity contribution in [2.45, 2.75) is 161 Å². The summed E-state index contributed by atoms with van der Waals surface area (Å²) >= 11 is 0. The van der Waals surface area contributed by atoms with Crippen molar-refractivity contribution in [1.82, 2.24) is 0 Å². The first-order valence-electron chi connectivity index (χ1n) is 16.5. The molecule has 1 unspecified atom stereocenters. The molecule has 0 rings (SSSR count). The van der Waals surface area contributed by atoms with Crippen molar-refractivity contribution >= 4 is 11.9 Å². The highest BCUT2D eigenvalue weighted by Crippen LogP contribution is 2.11. The van der Waals surface area contributed by atoms with Crippen LogP contribution in [0.1, 0.15) is 155 Å². The van der Waals surface area contributed by atoms with E-state index in [1.807, 2.05) is 0 Å². The molecule has 0 spiro atoms. The molecule has 1 atom stereocenters. The minimum atomic E-state index is -0.772. The highest BCUT2D eigenvalue weighted by Gasteiger charge is 2.16. The quantitative estimate of drug-likeness (QED) is 0.0558. The van der Waals surface area contributed by atoms with Gasteiger partial charge in [-0.1, -0.05) is 127 Å². The molecule has 0 radical (unpaired) electrons. The summed E-state index contributed by atoms with van der Waals surface area (Å²) in [6.45, 7) is 4.03. The van der Waals surface area contributed by atoms with Gasteiger partial charge in [0.15, 0.2) is 6.10 Å². The third-order valence-corrected chi connectivity index (χ3v) is 6.94. The molecule has 40 heavy (non-hydrogen) atoms. The third kappa shape index (κ3) is 29.1. The van der Waals surface area contributed by atoms with Gasteiger partial charge in [-0.15, -0.1) is 0 Å². The molecule has 5 nitrogen and oxygen atoms in total. The van der Waals surface area contributed by atoms with Crippen LogP contribution in [0, 0.1) is 0 Å². The number of esters is 2. The molecule has 1 N–H and O–H groups in total. The first-order valence-corrected chi connectivity index (χ1v) is 16.5. The van der Waals surface area contributed by atoms with Gasteiger partial charge in [0.25, 0.3) is 0 Å². The van der Waals surface area contributed by atoms with E-state index >= 15 is 0 Å². The first-order chi connectivity index (χ1) is 19.6. The van der Waals surface area contributed by atoms with Crippen LogP contribution in [-0.2, 0) is 19.1 Å². The summed E-state index contributed by atoms with van der Waals surface area (Å²) in [5.41, 5.74) is 0. The van der Waals surface area contributed by atoms with E-state index in [2.05, 4.69) is 50.3 Å². The van der Waals surface area contributed by atoms with Crippen LogP contribution < -0.4 is 0 Å². The van der Waals surface area contributed by atoms with E-state index in [1.165, 1.54) is 70.6 Å². The summed E-state index contributed by atoms with van der Waals surface area (Å²) in [7, 11) is 0.